The van der Waals surface area contributed by atoms with Crippen LogP contribution in [0.4, 0.5) is 5.69 Å². The Morgan fingerprint density at radius 2 is 1.92 bits per heavy atom. The average molecular weight is 331 g/mol. The SMILES string of the molecule is CC(=O)c1cccc(NC(=O)/C=C/c2ccc(-n3ccnc3)cc2)c1. The molecular formula is C20H17N3O2. The Labute approximate surface area is 145 Å². The van der Waals surface area contributed by atoms with E-state index in [1.165, 1.54) is 13.0 Å². The van der Waals surface area contributed by atoms with Gasteiger partial charge >= 0.3 is 0 Å². The van der Waals surface area contributed by atoms with Crippen molar-refractivity contribution in [2.45, 2.75) is 6.92 Å². The van der Waals surface area contributed by atoms with Crippen LogP contribution >= 0.6 is 0 Å². The number of carbonyl (C=O) groups excluding carboxylic acids is 2. The molecule has 3 aromatic rings. The van der Waals surface area contributed by atoms with Gasteiger partial charge in [-0.25, -0.2) is 4.98 Å². The predicted molar refractivity (Wildman–Crippen MR) is 97.7 cm³/mol. The number of Topliss-reactive ketones (excluding diaryl/α,β-unsaturated/α-hetero) is 1. The molecule has 0 aliphatic heterocycles. The van der Waals surface area contributed by atoms with E-state index in [0.29, 0.717) is 11.3 Å². The summed E-state index contributed by atoms with van der Waals surface area (Å²) in [7, 11) is 0. The van der Waals surface area contributed by atoms with Crippen molar-refractivity contribution in [2.24, 2.45) is 0 Å². The number of nitrogens with one attached hydrogen (secondary N) is 1. The molecule has 0 bridgehead atoms. The number of hydrogen-bond acceptors (Lipinski definition) is 3. The summed E-state index contributed by atoms with van der Waals surface area (Å²) in [5.41, 5.74) is 3.08. The van der Waals surface area contributed by atoms with Crippen LogP contribution in [0.5, 0.6) is 0 Å². The van der Waals surface area contributed by atoms with E-state index in [4.69, 9.17) is 0 Å². The first-order valence-electron chi connectivity index (χ1n) is 7.80. The van der Waals surface area contributed by atoms with Crippen LogP contribution in [0, 0.1) is 0 Å². The zero-order valence-corrected chi connectivity index (χ0v) is 13.7. The van der Waals surface area contributed by atoms with Crippen molar-refractivity contribution in [3.8, 4) is 5.69 Å². The highest BCUT2D eigenvalue weighted by Crippen LogP contribution is 2.13. The van der Waals surface area contributed by atoms with Gasteiger partial charge in [-0.05, 0) is 42.8 Å². The van der Waals surface area contributed by atoms with E-state index in [0.717, 1.165) is 11.3 Å². The number of benzene rings is 2. The first-order valence-corrected chi connectivity index (χ1v) is 7.80. The molecule has 5 heteroatoms. The van der Waals surface area contributed by atoms with Crippen molar-refractivity contribution >= 4 is 23.5 Å². The maximum Gasteiger partial charge on any atom is 0.248 e. The van der Waals surface area contributed by atoms with Gasteiger partial charge in [-0.3, -0.25) is 9.59 Å². The highest BCUT2D eigenvalue weighted by molar-refractivity contribution is 6.03. The molecule has 1 aromatic heterocycles. The lowest BCUT2D eigenvalue weighted by Crippen LogP contribution is -2.08. The molecule has 2 aromatic carbocycles. The molecule has 0 unspecified atom stereocenters. The van der Waals surface area contributed by atoms with Gasteiger partial charge in [0.2, 0.25) is 5.91 Å². The van der Waals surface area contributed by atoms with E-state index >= 15 is 0 Å². The number of carbonyl (C=O) groups is 2. The summed E-state index contributed by atoms with van der Waals surface area (Å²) in [6.45, 7) is 1.49. The van der Waals surface area contributed by atoms with Crippen LogP contribution < -0.4 is 5.32 Å². The fourth-order valence-corrected chi connectivity index (χ4v) is 2.34. The van der Waals surface area contributed by atoms with Gasteiger partial charge in [-0.2, -0.15) is 0 Å². The summed E-state index contributed by atoms with van der Waals surface area (Å²) in [4.78, 5) is 27.4. The topological polar surface area (TPSA) is 64.0 Å². The Morgan fingerprint density at radius 3 is 2.60 bits per heavy atom. The molecule has 1 amide bonds. The zero-order chi connectivity index (χ0) is 17.6. The third kappa shape index (κ3) is 4.29. The Bertz CT molecular complexity index is 910. The molecule has 0 saturated heterocycles. The first kappa shape index (κ1) is 16.4. The normalized spacial score (nSPS) is 10.8. The number of nitrogens with zero attached hydrogens (tertiary/aromatic N) is 2. The van der Waals surface area contributed by atoms with E-state index < -0.39 is 0 Å². The summed E-state index contributed by atoms with van der Waals surface area (Å²) < 4.78 is 1.90. The maximum absolute atomic E-state index is 12.0. The van der Waals surface area contributed by atoms with Crippen molar-refractivity contribution in [2.75, 3.05) is 5.32 Å². The predicted octanol–water partition coefficient (Wildman–Crippen LogP) is 3.73. The smallest absolute Gasteiger partial charge is 0.248 e. The van der Waals surface area contributed by atoms with Crippen LogP contribution in [0.1, 0.15) is 22.8 Å². The van der Waals surface area contributed by atoms with E-state index in [1.807, 2.05) is 35.0 Å². The lowest BCUT2D eigenvalue weighted by Gasteiger charge is -2.04. The average Bonchev–Trinajstić information content (AvgIpc) is 3.15. The molecule has 0 aliphatic carbocycles. The summed E-state index contributed by atoms with van der Waals surface area (Å²) in [6, 6.07) is 14.6. The summed E-state index contributed by atoms with van der Waals surface area (Å²) in [6.07, 6.45) is 8.52. The Morgan fingerprint density at radius 1 is 1.12 bits per heavy atom. The number of rotatable bonds is 5. The molecular weight excluding hydrogens is 314 g/mol. The summed E-state index contributed by atoms with van der Waals surface area (Å²) in [5, 5.41) is 2.75. The molecule has 0 saturated carbocycles. The van der Waals surface area contributed by atoms with Crippen molar-refractivity contribution in [3.63, 3.8) is 0 Å². The molecule has 124 valence electrons. The fourth-order valence-electron chi connectivity index (χ4n) is 2.34. The van der Waals surface area contributed by atoms with Crippen molar-refractivity contribution in [1.82, 2.24) is 9.55 Å². The molecule has 0 fully saturated rings. The minimum absolute atomic E-state index is 0.0374. The zero-order valence-electron chi connectivity index (χ0n) is 13.7. The molecule has 1 N–H and O–H groups in total. The number of amides is 1. The van der Waals surface area contributed by atoms with Gasteiger partial charge < -0.3 is 9.88 Å². The highest BCUT2D eigenvalue weighted by atomic mass is 16.1. The second kappa shape index (κ2) is 7.40. The fraction of sp³-hybridized carbons (Fsp3) is 0.0500. The quantitative estimate of drug-likeness (QED) is 0.572. The van der Waals surface area contributed by atoms with Gasteiger partial charge in [-0.1, -0.05) is 24.3 Å². The van der Waals surface area contributed by atoms with Gasteiger partial charge in [0, 0.05) is 35.4 Å². The lowest BCUT2D eigenvalue weighted by molar-refractivity contribution is -0.111. The van der Waals surface area contributed by atoms with Crippen LogP contribution in [0.15, 0.2) is 73.3 Å². The van der Waals surface area contributed by atoms with Gasteiger partial charge in [0.15, 0.2) is 5.78 Å². The monoisotopic (exact) mass is 331 g/mol. The van der Waals surface area contributed by atoms with Crippen LogP contribution in [-0.4, -0.2) is 21.2 Å². The minimum atomic E-state index is -0.251. The third-order valence-electron chi connectivity index (χ3n) is 3.66. The van der Waals surface area contributed by atoms with E-state index in [1.54, 1.807) is 42.9 Å². The number of aromatic nitrogens is 2. The summed E-state index contributed by atoms with van der Waals surface area (Å²) in [5.74, 6) is -0.288. The van der Waals surface area contributed by atoms with Crippen LogP contribution in [0.3, 0.4) is 0 Å². The number of hydrogen-bond donors (Lipinski definition) is 1. The van der Waals surface area contributed by atoms with Crippen LogP contribution in [-0.2, 0) is 4.79 Å². The molecule has 1 heterocycles. The van der Waals surface area contributed by atoms with Crippen molar-refractivity contribution < 1.29 is 9.59 Å². The molecule has 0 atom stereocenters. The van der Waals surface area contributed by atoms with Gasteiger partial charge in [0.1, 0.15) is 0 Å². The van der Waals surface area contributed by atoms with Crippen LogP contribution in [0.2, 0.25) is 0 Å². The largest absolute Gasteiger partial charge is 0.322 e. The number of ketones is 1. The number of anilines is 1. The van der Waals surface area contributed by atoms with E-state index in [-0.39, 0.29) is 11.7 Å². The summed E-state index contributed by atoms with van der Waals surface area (Å²) >= 11 is 0. The lowest BCUT2D eigenvalue weighted by atomic mass is 10.1. The second-order valence-electron chi connectivity index (χ2n) is 5.52. The Balaban J connectivity index is 1.64. The van der Waals surface area contributed by atoms with Crippen LogP contribution in [0.25, 0.3) is 11.8 Å². The highest BCUT2D eigenvalue weighted by Gasteiger charge is 2.02. The minimum Gasteiger partial charge on any atom is -0.322 e. The van der Waals surface area contributed by atoms with Gasteiger partial charge in [0.05, 0.1) is 6.33 Å². The molecule has 0 aliphatic rings. The molecule has 0 radical (unpaired) electrons. The first-order chi connectivity index (χ1) is 12.1. The molecule has 3 rings (SSSR count). The molecule has 5 nitrogen and oxygen atoms in total. The number of imidazole rings is 1. The van der Waals surface area contributed by atoms with Gasteiger partial charge in [0.25, 0.3) is 0 Å². The molecule has 0 spiro atoms. The second-order valence-corrected chi connectivity index (χ2v) is 5.52. The standard InChI is InChI=1S/C20H17N3O2/c1-15(24)17-3-2-4-18(13-17)22-20(25)10-7-16-5-8-19(9-6-16)23-12-11-21-14-23/h2-14H,1H3,(H,22,25)/b10-7+. The third-order valence-corrected chi connectivity index (χ3v) is 3.66. The van der Waals surface area contributed by atoms with E-state index in [9.17, 15) is 9.59 Å². The van der Waals surface area contributed by atoms with Crippen molar-refractivity contribution in [1.29, 1.82) is 0 Å². The van der Waals surface area contributed by atoms with E-state index in [2.05, 4.69) is 10.3 Å². The molecule has 25 heavy (non-hydrogen) atoms. The Hall–Kier alpha value is -3.47. The maximum atomic E-state index is 12.0. The van der Waals surface area contributed by atoms with Crippen molar-refractivity contribution in [3.05, 3.63) is 84.5 Å². The van der Waals surface area contributed by atoms with Gasteiger partial charge in [-0.15, -0.1) is 0 Å². The Kier molecular flexibility index (Phi) is 4.85.